The summed E-state index contributed by atoms with van der Waals surface area (Å²) >= 11 is 7.69. The number of aromatic nitrogens is 2. The Labute approximate surface area is 174 Å². The first-order valence-electron chi connectivity index (χ1n) is 9.22. The minimum atomic E-state index is -0.0104. The van der Waals surface area contributed by atoms with Crippen molar-refractivity contribution in [2.45, 2.75) is 0 Å². The highest BCUT2D eigenvalue weighted by Crippen LogP contribution is 2.36. The van der Waals surface area contributed by atoms with Crippen molar-refractivity contribution in [3.05, 3.63) is 94.2 Å². The largest absolute Gasteiger partial charge is 0.268 e. The molecule has 29 heavy (non-hydrogen) atoms. The van der Waals surface area contributed by atoms with Gasteiger partial charge in [0.1, 0.15) is 4.83 Å². The van der Waals surface area contributed by atoms with E-state index < -0.39 is 0 Å². The summed E-state index contributed by atoms with van der Waals surface area (Å²) in [6, 6.07) is 25.5. The van der Waals surface area contributed by atoms with Crippen LogP contribution in [0.3, 0.4) is 0 Å². The van der Waals surface area contributed by atoms with Gasteiger partial charge in [0.05, 0.1) is 26.8 Å². The van der Waals surface area contributed by atoms with Gasteiger partial charge >= 0.3 is 0 Å². The van der Waals surface area contributed by atoms with Crippen molar-refractivity contribution >= 4 is 59.7 Å². The predicted molar refractivity (Wildman–Crippen MR) is 122 cm³/mol. The van der Waals surface area contributed by atoms with E-state index in [1.807, 2.05) is 77.2 Å². The topological polar surface area (TPSA) is 34.4 Å². The number of hydrogen-bond donors (Lipinski definition) is 0. The highest BCUT2D eigenvalue weighted by molar-refractivity contribution is 7.24. The number of benzene rings is 3. The van der Waals surface area contributed by atoms with Crippen LogP contribution in [0.1, 0.15) is 0 Å². The van der Waals surface area contributed by atoms with Gasteiger partial charge in [0.25, 0.3) is 5.56 Å². The lowest BCUT2D eigenvalue weighted by molar-refractivity contribution is 1.22. The molecule has 3 aromatic heterocycles. The number of nitrogens with zero attached hydrogens (tertiary/aromatic N) is 2. The van der Waals surface area contributed by atoms with E-state index in [1.54, 1.807) is 11.3 Å². The van der Waals surface area contributed by atoms with Crippen molar-refractivity contribution in [1.29, 1.82) is 0 Å². The van der Waals surface area contributed by atoms with Gasteiger partial charge in [-0.1, -0.05) is 60.1 Å². The van der Waals surface area contributed by atoms with E-state index in [0.29, 0.717) is 10.4 Å². The van der Waals surface area contributed by atoms with E-state index in [0.717, 1.165) is 42.6 Å². The van der Waals surface area contributed by atoms with Crippen molar-refractivity contribution in [2.75, 3.05) is 0 Å². The lowest BCUT2D eigenvalue weighted by Gasteiger charge is -2.10. The molecule has 0 atom stereocenters. The van der Waals surface area contributed by atoms with Crippen LogP contribution in [0.15, 0.2) is 83.7 Å². The van der Waals surface area contributed by atoms with E-state index in [1.165, 1.54) is 0 Å². The molecule has 0 saturated heterocycles. The van der Waals surface area contributed by atoms with Crippen LogP contribution in [0.5, 0.6) is 0 Å². The maximum atomic E-state index is 13.7. The fourth-order valence-corrected chi connectivity index (χ4v) is 5.29. The molecule has 5 heteroatoms. The van der Waals surface area contributed by atoms with Gasteiger partial charge in [0, 0.05) is 21.4 Å². The molecule has 3 nitrogen and oxygen atoms in total. The van der Waals surface area contributed by atoms with Crippen molar-refractivity contribution in [3.8, 4) is 11.3 Å². The summed E-state index contributed by atoms with van der Waals surface area (Å²) in [6.07, 6.45) is 0. The second-order valence-electron chi connectivity index (χ2n) is 6.97. The Bertz CT molecular complexity index is 1630. The standard InChI is InChI=1S/C24H13ClN2OS/c25-16-11-9-14(10-12-16)22-23-21(17-6-2-3-7-18(17)26-22)24(28)27-19-8-4-1-5-15(19)13-20(27)29-23/h1-13H. The van der Waals surface area contributed by atoms with Crippen molar-refractivity contribution in [3.63, 3.8) is 0 Å². The van der Waals surface area contributed by atoms with Gasteiger partial charge in [-0.3, -0.25) is 9.20 Å². The zero-order chi connectivity index (χ0) is 19.5. The molecule has 0 radical (unpaired) electrons. The van der Waals surface area contributed by atoms with Crippen molar-refractivity contribution in [1.82, 2.24) is 9.38 Å². The zero-order valence-electron chi connectivity index (χ0n) is 15.1. The molecular weight excluding hydrogens is 400 g/mol. The lowest BCUT2D eigenvalue weighted by atomic mass is 10.1. The number of hydrogen-bond acceptors (Lipinski definition) is 3. The SMILES string of the molecule is O=c1c2c(sc3cc4ccccc4n13)c(-c1ccc(Cl)cc1)nc1ccccc12. The molecule has 0 aliphatic rings. The van der Waals surface area contributed by atoms with Gasteiger partial charge in [-0.15, -0.1) is 11.3 Å². The van der Waals surface area contributed by atoms with Gasteiger partial charge in [-0.2, -0.15) is 0 Å². The van der Waals surface area contributed by atoms with Crippen LogP contribution in [0.4, 0.5) is 0 Å². The second kappa shape index (κ2) is 6.14. The van der Waals surface area contributed by atoms with Crippen LogP contribution in [0, 0.1) is 0 Å². The zero-order valence-corrected chi connectivity index (χ0v) is 16.7. The third-order valence-corrected chi connectivity index (χ3v) is 6.63. The van der Waals surface area contributed by atoms with Crippen LogP contribution >= 0.6 is 22.9 Å². The Morgan fingerprint density at radius 3 is 2.52 bits per heavy atom. The molecule has 0 saturated carbocycles. The number of para-hydroxylation sites is 2. The first kappa shape index (κ1) is 16.7. The Kier molecular flexibility index (Phi) is 3.54. The van der Waals surface area contributed by atoms with Gasteiger partial charge in [-0.05, 0) is 30.3 Å². The fourth-order valence-electron chi connectivity index (χ4n) is 3.94. The fraction of sp³-hybridized carbons (Fsp3) is 0. The molecule has 3 aromatic carbocycles. The summed E-state index contributed by atoms with van der Waals surface area (Å²) < 4.78 is 2.71. The Hall–Kier alpha value is -3.21. The van der Waals surface area contributed by atoms with E-state index in [-0.39, 0.29) is 5.56 Å². The maximum Gasteiger partial charge on any atom is 0.265 e. The first-order chi connectivity index (χ1) is 14.2. The molecule has 0 amide bonds. The number of halogens is 1. The molecule has 6 rings (SSSR count). The minimum absolute atomic E-state index is 0.0104. The molecule has 0 aliphatic heterocycles. The monoisotopic (exact) mass is 412 g/mol. The quantitative estimate of drug-likeness (QED) is 0.287. The van der Waals surface area contributed by atoms with Crippen LogP contribution in [0.25, 0.3) is 48.0 Å². The second-order valence-corrected chi connectivity index (χ2v) is 8.44. The normalized spacial score (nSPS) is 11.8. The highest BCUT2D eigenvalue weighted by atomic mass is 35.5. The summed E-state index contributed by atoms with van der Waals surface area (Å²) in [5, 5.41) is 3.31. The first-order valence-corrected chi connectivity index (χ1v) is 10.4. The van der Waals surface area contributed by atoms with Crippen LogP contribution in [-0.2, 0) is 0 Å². The molecule has 0 N–H and O–H groups in total. The molecule has 0 fully saturated rings. The average Bonchev–Trinajstić information content (AvgIpc) is 3.12. The molecular formula is C24H13ClN2OS. The van der Waals surface area contributed by atoms with Crippen LogP contribution < -0.4 is 5.56 Å². The summed E-state index contributed by atoms with van der Waals surface area (Å²) in [6.45, 7) is 0. The number of pyridine rings is 1. The van der Waals surface area contributed by atoms with Crippen molar-refractivity contribution in [2.24, 2.45) is 0 Å². The third kappa shape index (κ3) is 2.43. The smallest absolute Gasteiger partial charge is 0.265 e. The average molecular weight is 413 g/mol. The van der Waals surface area contributed by atoms with E-state index in [9.17, 15) is 4.79 Å². The van der Waals surface area contributed by atoms with Gasteiger partial charge in [-0.25, -0.2) is 4.98 Å². The molecule has 0 unspecified atom stereocenters. The summed E-state index contributed by atoms with van der Waals surface area (Å²) in [5.74, 6) is 0. The molecule has 138 valence electrons. The van der Waals surface area contributed by atoms with E-state index in [4.69, 9.17) is 16.6 Å². The maximum absolute atomic E-state index is 13.7. The Morgan fingerprint density at radius 1 is 0.897 bits per heavy atom. The minimum Gasteiger partial charge on any atom is -0.268 e. The van der Waals surface area contributed by atoms with Gasteiger partial charge in [0.2, 0.25) is 0 Å². The van der Waals surface area contributed by atoms with Crippen LogP contribution in [-0.4, -0.2) is 9.38 Å². The van der Waals surface area contributed by atoms with Crippen molar-refractivity contribution < 1.29 is 0 Å². The molecule has 0 bridgehead atoms. The van der Waals surface area contributed by atoms with E-state index >= 15 is 0 Å². The van der Waals surface area contributed by atoms with Gasteiger partial charge in [0.15, 0.2) is 0 Å². The Morgan fingerprint density at radius 2 is 1.66 bits per heavy atom. The molecule has 0 aliphatic carbocycles. The molecule has 6 aromatic rings. The van der Waals surface area contributed by atoms with Crippen LogP contribution in [0.2, 0.25) is 5.02 Å². The molecule has 0 spiro atoms. The lowest BCUT2D eigenvalue weighted by Crippen LogP contribution is -2.12. The van der Waals surface area contributed by atoms with E-state index in [2.05, 4.69) is 6.07 Å². The Balaban J connectivity index is 1.88. The van der Waals surface area contributed by atoms with Gasteiger partial charge < -0.3 is 0 Å². The highest BCUT2D eigenvalue weighted by Gasteiger charge is 2.17. The summed E-state index contributed by atoms with van der Waals surface area (Å²) in [7, 11) is 0. The number of fused-ring (bicyclic) bond motifs is 6. The summed E-state index contributed by atoms with van der Waals surface area (Å²) in [5.41, 5.74) is 3.49. The third-order valence-electron chi connectivity index (χ3n) is 5.27. The molecule has 3 heterocycles. The summed E-state index contributed by atoms with van der Waals surface area (Å²) in [4.78, 5) is 19.6. The number of rotatable bonds is 1. The predicted octanol–water partition coefficient (Wildman–Crippen LogP) is 6.54.